The van der Waals surface area contributed by atoms with E-state index in [2.05, 4.69) is 48.5 Å². The molecule has 0 amide bonds. The van der Waals surface area contributed by atoms with Crippen molar-refractivity contribution in [1.82, 2.24) is 10.2 Å². The smallest absolute Gasteiger partial charge is 0.0205 e. The summed E-state index contributed by atoms with van der Waals surface area (Å²) >= 11 is 0. The van der Waals surface area contributed by atoms with Crippen LogP contribution < -0.4 is 11.1 Å². The molecule has 3 heteroatoms. The molecular weight excluding hydrogens is 234 g/mol. The Hall–Kier alpha value is -0.900. The summed E-state index contributed by atoms with van der Waals surface area (Å²) in [5.74, 6) is 0. The van der Waals surface area contributed by atoms with Gasteiger partial charge in [0.1, 0.15) is 0 Å². The van der Waals surface area contributed by atoms with Gasteiger partial charge < -0.3 is 16.0 Å². The third-order valence-corrected chi connectivity index (χ3v) is 3.34. The fourth-order valence-electron chi connectivity index (χ4n) is 2.15. The lowest BCUT2D eigenvalue weighted by Crippen LogP contribution is -2.22. The van der Waals surface area contributed by atoms with Crippen molar-refractivity contribution in [2.75, 3.05) is 26.7 Å². The molecule has 0 fully saturated rings. The van der Waals surface area contributed by atoms with Crippen LogP contribution in [0.2, 0.25) is 0 Å². The monoisotopic (exact) mass is 263 g/mol. The Bertz CT molecular complexity index is 321. The molecule has 0 saturated heterocycles. The van der Waals surface area contributed by atoms with Gasteiger partial charge in [0.15, 0.2) is 0 Å². The Morgan fingerprint density at radius 2 is 1.74 bits per heavy atom. The molecule has 0 heterocycles. The van der Waals surface area contributed by atoms with Crippen molar-refractivity contribution < 1.29 is 0 Å². The zero-order valence-electron chi connectivity index (χ0n) is 12.5. The maximum atomic E-state index is 5.58. The van der Waals surface area contributed by atoms with E-state index in [0.717, 1.165) is 13.1 Å². The summed E-state index contributed by atoms with van der Waals surface area (Å²) in [6.07, 6.45) is 3.76. The van der Waals surface area contributed by atoms with Crippen molar-refractivity contribution in [1.29, 1.82) is 0 Å². The quantitative estimate of drug-likeness (QED) is 0.637. The molecule has 1 rings (SSSR count). The van der Waals surface area contributed by atoms with Crippen molar-refractivity contribution in [3.8, 4) is 0 Å². The van der Waals surface area contributed by atoms with E-state index in [1.165, 1.54) is 43.5 Å². The summed E-state index contributed by atoms with van der Waals surface area (Å²) in [5, 5.41) is 3.50. The molecule has 108 valence electrons. The number of rotatable bonds is 10. The van der Waals surface area contributed by atoms with Gasteiger partial charge in [0, 0.05) is 13.1 Å². The zero-order valence-corrected chi connectivity index (χ0v) is 12.5. The molecule has 0 atom stereocenters. The third-order valence-electron chi connectivity index (χ3n) is 3.34. The largest absolute Gasteiger partial charge is 0.326 e. The topological polar surface area (TPSA) is 41.3 Å². The molecule has 0 aliphatic heterocycles. The Morgan fingerprint density at radius 1 is 1.05 bits per heavy atom. The van der Waals surface area contributed by atoms with E-state index in [-0.39, 0.29) is 0 Å². The normalized spacial score (nSPS) is 11.2. The first-order valence-electron chi connectivity index (χ1n) is 7.43. The second-order valence-electron chi connectivity index (χ2n) is 5.21. The number of unbranched alkanes of at least 4 members (excludes halogenated alkanes) is 1. The highest BCUT2D eigenvalue weighted by Crippen LogP contribution is 2.03. The van der Waals surface area contributed by atoms with Crippen molar-refractivity contribution in [3.05, 3.63) is 35.4 Å². The minimum atomic E-state index is 0.624. The maximum absolute atomic E-state index is 5.58. The molecule has 3 nitrogen and oxygen atoms in total. The molecule has 0 aromatic heterocycles. The molecule has 0 aliphatic carbocycles. The van der Waals surface area contributed by atoms with Crippen molar-refractivity contribution in [2.24, 2.45) is 5.73 Å². The second-order valence-corrected chi connectivity index (χ2v) is 5.21. The van der Waals surface area contributed by atoms with Crippen LogP contribution in [0.3, 0.4) is 0 Å². The van der Waals surface area contributed by atoms with Gasteiger partial charge in [0.2, 0.25) is 0 Å². The van der Waals surface area contributed by atoms with Crippen LogP contribution in [0.1, 0.15) is 37.3 Å². The van der Waals surface area contributed by atoms with Gasteiger partial charge in [-0.1, -0.05) is 31.2 Å². The molecule has 0 aliphatic rings. The molecule has 0 bridgehead atoms. The number of nitrogens with two attached hydrogens (primary N) is 1. The molecule has 0 radical (unpaired) electrons. The highest BCUT2D eigenvalue weighted by Gasteiger charge is 1.97. The summed E-state index contributed by atoms with van der Waals surface area (Å²) in [4.78, 5) is 2.41. The van der Waals surface area contributed by atoms with E-state index >= 15 is 0 Å². The van der Waals surface area contributed by atoms with Gasteiger partial charge in [-0.05, 0) is 57.1 Å². The number of benzene rings is 1. The highest BCUT2D eigenvalue weighted by molar-refractivity contribution is 5.22. The van der Waals surface area contributed by atoms with E-state index in [1.54, 1.807) is 0 Å². The Kier molecular flexibility index (Phi) is 8.47. The van der Waals surface area contributed by atoms with Crippen LogP contribution in [0.4, 0.5) is 0 Å². The van der Waals surface area contributed by atoms with Crippen LogP contribution in [0, 0.1) is 0 Å². The lowest BCUT2D eigenvalue weighted by molar-refractivity contribution is 0.325. The second kappa shape index (κ2) is 9.96. The first kappa shape index (κ1) is 16.2. The lowest BCUT2D eigenvalue weighted by atomic mass is 10.1. The fraction of sp³-hybridized carbons (Fsp3) is 0.625. The SMILES string of the molecule is CCCN(C)CCCCNCc1ccc(CN)cc1. The highest BCUT2D eigenvalue weighted by atomic mass is 15.1. The van der Waals surface area contributed by atoms with Gasteiger partial charge >= 0.3 is 0 Å². The summed E-state index contributed by atoms with van der Waals surface area (Å²) in [6, 6.07) is 8.53. The third kappa shape index (κ3) is 7.31. The molecule has 19 heavy (non-hydrogen) atoms. The average molecular weight is 263 g/mol. The van der Waals surface area contributed by atoms with Gasteiger partial charge in [-0.25, -0.2) is 0 Å². The number of hydrogen-bond donors (Lipinski definition) is 2. The van der Waals surface area contributed by atoms with Crippen LogP contribution in [-0.4, -0.2) is 31.6 Å². The van der Waals surface area contributed by atoms with Crippen LogP contribution in [-0.2, 0) is 13.1 Å². The van der Waals surface area contributed by atoms with Gasteiger partial charge in [-0.15, -0.1) is 0 Å². The Morgan fingerprint density at radius 3 is 2.37 bits per heavy atom. The molecule has 0 unspecified atom stereocenters. The van der Waals surface area contributed by atoms with E-state index in [9.17, 15) is 0 Å². The zero-order chi connectivity index (χ0) is 13.9. The molecule has 0 saturated carbocycles. The van der Waals surface area contributed by atoms with Crippen molar-refractivity contribution in [3.63, 3.8) is 0 Å². The van der Waals surface area contributed by atoms with Crippen molar-refractivity contribution >= 4 is 0 Å². The lowest BCUT2D eigenvalue weighted by Gasteiger charge is -2.15. The molecular formula is C16H29N3. The average Bonchev–Trinajstić information content (AvgIpc) is 2.43. The Balaban J connectivity index is 2.04. The number of hydrogen-bond acceptors (Lipinski definition) is 3. The molecule has 3 N–H and O–H groups in total. The summed E-state index contributed by atoms with van der Waals surface area (Å²) in [7, 11) is 2.20. The Labute approximate surface area is 118 Å². The number of nitrogens with zero attached hydrogens (tertiary/aromatic N) is 1. The van der Waals surface area contributed by atoms with Gasteiger partial charge in [0.05, 0.1) is 0 Å². The molecule has 1 aromatic carbocycles. The van der Waals surface area contributed by atoms with E-state index in [1.807, 2.05) is 0 Å². The van der Waals surface area contributed by atoms with Crippen LogP contribution in [0.25, 0.3) is 0 Å². The van der Waals surface area contributed by atoms with Gasteiger partial charge in [0.25, 0.3) is 0 Å². The van der Waals surface area contributed by atoms with Crippen molar-refractivity contribution in [2.45, 2.75) is 39.3 Å². The van der Waals surface area contributed by atoms with Crippen LogP contribution in [0.15, 0.2) is 24.3 Å². The minimum Gasteiger partial charge on any atom is -0.326 e. The van der Waals surface area contributed by atoms with Crippen LogP contribution >= 0.6 is 0 Å². The minimum absolute atomic E-state index is 0.624. The van der Waals surface area contributed by atoms with Gasteiger partial charge in [-0.2, -0.15) is 0 Å². The summed E-state index contributed by atoms with van der Waals surface area (Å²) in [6.45, 7) is 7.32. The molecule has 1 aromatic rings. The summed E-state index contributed by atoms with van der Waals surface area (Å²) in [5.41, 5.74) is 8.11. The van der Waals surface area contributed by atoms with E-state index in [0.29, 0.717) is 6.54 Å². The standard InChI is InChI=1S/C16H29N3/c1-3-11-19(2)12-5-4-10-18-14-16-8-6-15(13-17)7-9-16/h6-9,18H,3-5,10-14,17H2,1-2H3. The predicted molar refractivity (Wildman–Crippen MR) is 83.1 cm³/mol. The first-order valence-corrected chi connectivity index (χ1v) is 7.43. The summed E-state index contributed by atoms with van der Waals surface area (Å²) < 4.78 is 0. The van der Waals surface area contributed by atoms with Gasteiger partial charge in [-0.3, -0.25) is 0 Å². The van der Waals surface area contributed by atoms with Crippen LogP contribution in [0.5, 0.6) is 0 Å². The molecule has 0 spiro atoms. The predicted octanol–water partition coefficient (Wildman–Crippen LogP) is 2.36. The fourth-order valence-corrected chi connectivity index (χ4v) is 2.15. The van der Waals surface area contributed by atoms with E-state index in [4.69, 9.17) is 5.73 Å². The number of nitrogens with one attached hydrogen (secondary N) is 1. The van der Waals surface area contributed by atoms with E-state index < -0.39 is 0 Å². The maximum Gasteiger partial charge on any atom is 0.0205 e. The first-order chi connectivity index (χ1) is 9.26.